The van der Waals surface area contributed by atoms with Gasteiger partial charge in [-0.15, -0.1) is 0 Å². The van der Waals surface area contributed by atoms with Gasteiger partial charge in [-0.05, 0) is 0 Å². The van der Waals surface area contributed by atoms with E-state index in [1.807, 2.05) is 12.1 Å². The Morgan fingerprint density at radius 2 is 2.46 bits per heavy atom. The molecule has 1 aromatic heterocycles. The normalized spacial score (nSPS) is 11.5. The van der Waals surface area contributed by atoms with Crippen molar-refractivity contribution < 1.29 is 4.74 Å². The maximum atomic E-state index is 8.53. The molecular formula is C8H8N4O. The summed E-state index contributed by atoms with van der Waals surface area (Å²) in [6.45, 7) is 0.278. The second-order valence-corrected chi connectivity index (χ2v) is 2.37. The average Bonchev–Trinajstić information content (AvgIpc) is 2.64. The lowest BCUT2D eigenvalue weighted by molar-refractivity contribution is 0.0778. The van der Waals surface area contributed by atoms with E-state index in [-0.39, 0.29) is 13.0 Å². The SMILES string of the molecule is N#CCC(C#N)OCc1cnc[nH]1. The summed E-state index contributed by atoms with van der Waals surface area (Å²) in [4.78, 5) is 6.62. The number of rotatable bonds is 4. The fraction of sp³-hybridized carbons (Fsp3) is 0.375. The quantitative estimate of drug-likeness (QED) is 0.732. The molecule has 0 amide bonds. The number of nitrogens with one attached hydrogen (secondary N) is 1. The van der Waals surface area contributed by atoms with Crippen molar-refractivity contribution in [3.8, 4) is 12.1 Å². The topological polar surface area (TPSA) is 85.5 Å². The Balaban J connectivity index is 2.34. The van der Waals surface area contributed by atoms with Crippen molar-refractivity contribution in [1.29, 1.82) is 10.5 Å². The maximum absolute atomic E-state index is 8.53. The molecule has 0 fully saturated rings. The molecular weight excluding hydrogens is 168 g/mol. The van der Waals surface area contributed by atoms with E-state index in [9.17, 15) is 0 Å². The summed E-state index contributed by atoms with van der Waals surface area (Å²) < 4.78 is 5.12. The maximum Gasteiger partial charge on any atom is 0.157 e. The van der Waals surface area contributed by atoms with E-state index >= 15 is 0 Å². The number of aromatic nitrogens is 2. The van der Waals surface area contributed by atoms with Gasteiger partial charge in [-0.25, -0.2) is 4.98 Å². The summed E-state index contributed by atoms with van der Waals surface area (Å²) in [6.07, 6.45) is 2.57. The zero-order valence-electron chi connectivity index (χ0n) is 6.90. The third-order valence-electron chi connectivity index (χ3n) is 1.42. The molecule has 1 unspecified atom stereocenters. The van der Waals surface area contributed by atoms with Gasteiger partial charge in [0.25, 0.3) is 0 Å². The number of nitriles is 2. The molecule has 0 saturated carbocycles. The van der Waals surface area contributed by atoms with Gasteiger partial charge in [0, 0.05) is 0 Å². The molecule has 1 aromatic rings. The molecule has 5 nitrogen and oxygen atoms in total. The van der Waals surface area contributed by atoms with Crippen LogP contribution in [0.4, 0.5) is 0 Å². The lowest BCUT2D eigenvalue weighted by atomic mass is 10.3. The molecule has 0 saturated heterocycles. The lowest BCUT2D eigenvalue weighted by Crippen LogP contribution is -2.09. The number of hydrogen-bond acceptors (Lipinski definition) is 4. The van der Waals surface area contributed by atoms with Crippen LogP contribution in [0.3, 0.4) is 0 Å². The highest BCUT2D eigenvalue weighted by atomic mass is 16.5. The Labute approximate surface area is 75.6 Å². The molecule has 0 aliphatic carbocycles. The molecule has 5 heteroatoms. The van der Waals surface area contributed by atoms with Gasteiger partial charge in [-0.1, -0.05) is 0 Å². The summed E-state index contributed by atoms with van der Waals surface area (Å²) in [7, 11) is 0. The van der Waals surface area contributed by atoms with Crippen molar-refractivity contribution in [2.24, 2.45) is 0 Å². The van der Waals surface area contributed by atoms with Crippen molar-refractivity contribution in [2.75, 3.05) is 0 Å². The monoisotopic (exact) mass is 176 g/mol. The van der Waals surface area contributed by atoms with Gasteiger partial charge in [0.05, 0.1) is 43.4 Å². The molecule has 66 valence electrons. The second-order valence-electron chi connectivity index (χ2n) is 2.37. The van der Waals surface area contributed by atoms with E-state index in [1.165, 1.54) is 6.33 Å². The fourth-order valence-corrected chi connectivity index (χ4v) is 0.779. The van der Waals surface area contributed by atoms with Gasteiger partial charge >= 0.3 is 0 Å². The van der Waals surface area contributed by atoms with Crippen molar-refractivity contribution >= 4 is 0 Å². The van der Waals surface area contributed by atoms with Crippen LogP contribution in [-0.2, 0) is 11.3 Å². The molecule has 0 aliphatic rings. The molecule has 13 heavy (non-hydrogen) atoms. The largest absolute Gasteiger partial charge is 0.356 e. The first kappa shape index (κ1) is 9.24. The number of nitrogens with zero attached hydrogens (tertiary/aromatic N) is 3. The van der Waals surface area contributed by atoms with E-state index in [2.05, 4.69) is 9.97 Å². The minimum Gasteiger partial charge on any atom is -0.356 e. The second kappa shape index (κ2) is 4.91. The molecule has 0 aromatic carbocycles. The van der Waals surface area contributed by atoms with Gasteiger partial charge in [0.1, 0.15) is 0 Å². The Bertz CT molecular complexity index is 319. The van der Waals surface area contributed by atoms with E-state index in [0.29, 0.717) is 0 Å². The third kappa shape index (κ3) is 2.94. The number of hydrogen-bond donors (Lipinski definition) is 1. The standard InChI is InChI=1S/C8H8N4O/c9-2-1-8(3-10)13-5-7-4-11-6-12-7/h4,6,8H,1,5H2,(H,11,12). The van der Waals surface area contributed by atoms with Crippen molar-refractivity contribution in [3.05, 3.63) is 18.2 Å². The van der Waals surface area contributed by atoms with Crippen LogP contribution in [0.15, 0.2) is 12.5 Å². The molecule has 1 heterocycles. The zero-order valence-corrected chi connectivity index (χ0v) is 6.90. The van der Waals surface area contributed by atoms with Gasteiger partial charge in [0.2, 0.25) is 0 Å². The highest BCUT2D eigenvalue weighted by Gasteiger charge is 2.06. The van der Waals surface area contributed by atoms with E-state index in [0.717, 1.165) is 5.69 Å². The van der Waals surface area contributed by atoms with Crippen LogP contribution < -0.4 is 0 Å². The molecule has 0 radical (unpaired) electrons. The predicted molar refractivity (Wildman–Crippen MR) is 43.0 cm³/mol. The molecule has 1 rings (SSSR count). The molecule has 0 aliphatic heterocycles. The Kier molecular flexibility index (Phi) is 3.49. The summed E-state index contributed by atoms with van der Waals surface area (Å²) in [5.74, 6) is 0. The first-order valence-corrected chi connectivity index (χ1v) is 3.72. The number of aromatic amines is 1. The lowest BCUT2D eigenvalue weighted by Gasteiger charge is -2.04. The first-order chi connectivity index (χ1) is 6.36. The molecule has 1 atom stereocenters. The minimum absolute atomic E-state index is 0.0879. The minimum atomic E-state index is -0.659. The molecule has 1 N–H and O–H groups in total. The Hall–Kier alpha value is -1.85. The van der Waals surface area contributed by atoms with Crippen molar-refractivity contribution in [1.82, 2.24) is 9.97 Å². The summed E-state index contributed by atoms with van der Waals surface area (Å²) in [6, 6.07) is 3.76. The first-order valence-electron chi connectivity index (χ1n) is 3.72. The summed E-state index contributed by atoms with van der Waals surface area (Å²) in [5, 5.41) is 16.9. The van der Waals surface area contributed by atoms with Crippen LogP contribution in [0.2, 0.25) is 0 Å². The molecule has 0 spiro atoms. The van der Waals surface area contributed by atoms with Crippen molar-refractivity contribution in [2.45, 2.75) is 19.1 Å². The van der Waals surface area contributed by atoms with Crippen LogP contribution >= 0.6 is 0 Å². The Morgan fingerprint density at radius 3 is 3.00 bits per heavy atom. The van der Waals surface area contributed by atoms with E-state index in [1.54, 1.807) is 6.20 Å². The smallest absolute Gasteiger partial charge is 0.157 e. The van der Waals surface area contributed by atoms with Crippen molar-refractivity contribution in [3.63, 3.8) is 0 Å². The van der Waals surface area contributed by atoms with E-state index in [4.69, 9.17) is 15.3 Å². The van der Waals surface area contributed by atoms with Crippen LogP contribution in [0.5, 0.6) is 0 Å². The van der Waals surface area contributed by atoms with Crippen LogP contribution in [-0.4, -0.2) is 16.1 Å². The zero-order chi connectivity index (χ0) is 9.52. The number of ether oxygens (including phenoxy) is 1. The number of imidazole rings is 1. The van der Waals surface area contributed by atoms with Gasteiger partial charge < -0.3 is 9.72 Å². The van der Waals surface area contributed by atoms with Gasteiger partial charge in [-0.2, -0.15) is 10.5 Å². The van der Waals surface area contributed by atoms with Crippen LogP contribution in [0, 0.1) is 22.7 Å². The predicted octanol–water partition coefficient (Wildman–Crippen LogP) is 0.732. The highest BCUT2D eigenvalue weighted by molar-refractivity contribution is 4.95. The average molecular weight is 176 g/mol. The van der Waals surface area contributed by atoms with Gasteiger partial charge in [0.15, 0.2) is 6.10 Å². The summed E-state index contributed by atoms with van der Waals surface area (Å²) in [5.41, 5.74) is 0.790. The van der Waals surface area contributed by atoms with Crippen LogP contribution in [0.25, 0.3) is 0 Å². The fourth-order valence-electron chi connectivity index (χ4n) is 0.779. The number of H-pyrrole nitrogens is 1. The van der Waals surface area contributed by atoms with Crippen LogP contribution in [0.1, 0.15) is 12.1 Å². The molecule has 0 bridgehead atoms. The summed E-state index contributed by atoms with van der Waals surface area (Å²) >= 11 is 0. The third-order valence-corrected chi connectivity index (χ3v) is 1.42. The van der Waals surface area contributed by atoms with Gasteiger partial charge in [-0.3, -0.25) is 0 Å². The Morgan fingerprint density at radius 1 is 1.62 bits per heavy atom. The van der Waals surface area contributed by atoms with E-state index < -0.39 is 6.10 Å². The highest BCUT2D eigenvalue weighted by Crippen LogP contribution is 2.01.